The Balaban J connectivity index is 1.61. The van der Waals surface area contributed by atoms with Gasteiger partial charge in [-0.25, -0.2) is 18.4 Å². The van der Waals surface area contributed by atoms with Gasteiger partial charge in [-0.1, -0.05) is 30.3 Å². The first kappa shape index (κ1) is 24.4. The van der Waals surface area contributed by atoms with Gasteiger partial charge in [0.15, 0.2) is 0 Å². The number of benzene rings is 1. The molecule has 1 aliphatic rings. The Kier molecular flexibility index (Phi) is 7.50. The summed E-state index contributed by atoms with van der Waals surface area (Å²) in [5.41, 5.74) is 0.894. The van der Waals surface area contributed by atoms with Gasteiger partial charge in [0.1, 0.15) is 12.2 Å². The lowest BCUT2D eigenvalue weighted by Crippen LogP contribution is -2.49. The number of hydrogen-bond donors (Lipinski definition) is 1. The molecule has 2 heterocycles. The first-order valence-electron chi connectivity index (χ1n) is 10.8. The summed E-state index contributed by atoms with van der Waals surface area (Å²) in [5.74, 6) is -4.19. The quantitative estimate of drug-likeness (QED) is 0.687. The zero-order valence-electron chi connectivity index (χ0n) is 19.0. The Hall–Kier alpha value is -3.23. The summed E-state index contributed by atoms with van der Waals surface area (Å²) in [5, 5.41) is 2.58. The molecule has 1 unspecified atom stereocenters. The minimum absolute atomic E-state index is 0.0233. The number of likely N-dealkylation sites (tertiary alicyclic amines) is 1. The number of ether oxygens (including phenoxy) is 2. The van der Waals surface area contributed by atoms with Crippen LogP contribution in [0.15, 0.2) is 48.7 Å². The van der Waals surface area contributed by atoms with Crippen LogP contribution in [0.5, 0.6) is 0 Å². The number of nitrogens with one attached hydrogen (secondary N) is 1. The van der Waals surface area contributed by atoms with E-state index in [1.54, 1.807) is 20.8 Å². The SMILES string of the molecule is CC(C)(C)OC(=O)N1CCC(F)(F)C(c2ccnc(CNC(=O)OCc3ccccc3)c2)C1. The number of halogens is 2. The van der Waals surface area contributed by atoms with Crippen molar-refractivity contribution >= 4 is 12.2 Å². The Bertz CT molecular complexity index is 964. The Morgan fingerprint density at radius 3 is 2.64 bits per heavy atom. The molecule has 0 saturated carbocycles. The Morgan fingerprint density at radius 1 is 1.21 bits per heavy atom. The number of hydrogen-bond acceptors (Lipinski definition) is 5. The van der Waals surface area contributed by atoms with Gasteiger partial charge in [0.05, 0.1) is 18.2 Å². The molecular weight excluding hydrogens is 432 g/mol. The van der Waals surface area contributed by atoms with Crippen molar-refractivity contribution < 1.29 is 27.8 Å². The van der Waals surface area contributed by atoms with Gasteiger partial charge in [-0.05, 0) is 44.0 Å². The molecule has 1 aromatic heterocycles. The van der Waals surface area contributed by atoms with Crippen LogP contribution >= 0.6 is 0 Å². The van der Waals surface area contributed by atoms with Gasteiger partial charge >= 0.3 is 12.2 Å². The van der Waals surface area contributed by atoms with Crippen LogP contribution in [0.4, 0.5) is 18.4 Å². The third kappa shape index (κ3) is 7.13. The molecule has 0 bridgehead atoms. The number of carbonyl (C=O) groups excluding carboxylic acids is 2. The monoisotopic (exact) mass is 461 g/mol. The number of alkyl carbamates (subject to hydrolysis) is 1. The standard InChI is InChI=1S/C24H29F2N3O4/c1-23(2,3)33-22(31)29-12-10-24(25,26)20(15-29)18-9-11-27-19(13-18)14-28-21(30)32-16-17-7-5-4-6-8-17/h4-9,11,13,20H,10,12,14-16H2,1-3H3,(H,28,30). The predicted octanol–water partition coefficient (Wildman–Crippen LogP) is 4.87. The maximum Gasteiger partial charge on any atom is 0.410 e. The lowest BCUT2D eigenvalue weighted by Gasteiger charge is -2.39. The molecule has 2 aromatic rings. The van der Waals surface area contributed by atoms with Crippen LogP contribution < -0.4 is 5.32 Å². The van der Waals surface area contributed by atoms with Gasteiger partial charge in [-0.3, -0.25) is 4.98 Å². The molecule has 0 spiro atoms. The fourth-order valence-electron chi connectivity index (χ4n) is 3.49. The largest absolute Gasteiger partial charge is 0.445 e. The summed E-state index contributed by atoms with van der Waals surface area (Å²) in [4.78, 5) is 29.8. The van der Waals surface area contributed by atoms with Crippen molar-refractivity contribution in [2.45, 2.75) is 57.8 Å². The van der Waals surface area contributed by atoms with Crippen LogP contribution in [-0.2, 0) is 22.6 Å². The number of alkyl halides is 2. The zero-order valence-corrected chi connectivity index (χ0v) is 19.0. The average Bonchev–Trinajstić information content (AvgIpc) is 2.75. The van der Waals surface area contributed by atoms with Crippen LogP contribution in [0.1, 0.15) is 49.9 Å². The molecule has 1 aliphatic heterocycles. The van der Waals surface area contributed by atoms with E-state index in [-0.39, 0.29) is 26.2 Å². The van der Waals surface area contributed by atoms with Gasteiger partial charge in [0, 0.05) is 25.7 Å². The van der Waals surface area contributed by atoms with E-state index in [9.17, 15) is 18.4 Å². The van der Waals surface area contributed by atoms with Gasteiger partial charge in [-0.2, -0.15) is 0 Å². The van der Waals surface area contributed by atoms with E-state index >= 15 is 0 Å². The first-order valence-corrected chi connectivity index (χ1v) is 10.8. The van der Waals surface area contributed by atoms with Crippen molar-refractivity contribution in [3.8, 4) is 0 Å². The molecule has 1 N–H and O–H groups in total. The summed E-state index contributed by atoms with van der Waals surface area (Å²) in [7, 11) is 0. The number of piperidine rings is 1. The molecule has 0 aliphatic carbocycles. The predicted molar refractivity (Wildman–Crippen MR) is 118 cm³/mol. The van der Waals surface area contributed by atoms with Crippen LogP contribution in [0.25, 0.3) is 0 Å². The highest BCUT2D eigenvalue weighted by Crippen LogP contribution is 2.40. The Labute approximate surface area is 192 Å². The number of amides is 2. The van der Waals surface area contributed by atoms with E-state index in [4.69, 9.17) is 9.47 Å². The van der Waals surface area contributed by atoms with Crippen molar-refractivity contribution in [1.82, 2.24) is 15.2 Å². The number of nitrogens with zero attached hydrogens (tertiary/aromatic N) is 2. The molecule has 0 radical (unpaired) electrons. The number of rotatable bonds is 5. The number of pyridine rings is 1. The molecule has 1 fully saturated rings. The van der Waals surface area contributed by atoms with Crippen LogP contribution in [-0.4, -0.2) is 46.7 Å². The van der Waals surface area contributed by atoms with E-state index in [0.29, 0.717) is 11.3 Å². The molecule has 1 aromatic carbocycles. The van der Waals surface area contributed by atoms with Crippen molar-refractivity contribution in [1.29, 1.82) is 0 Å². The third-order valence-electron chi connectivity index (χ3n) is 5.15. The highest BCUT2D eigenvalue weighted by atomic mass is 19.3. The number of aromatic nitrogens is 1. The third-order valence-corrected chi connectivity index (χ3v) is 5.15. The normalized spacial score (nSPS) is 17.8. The summed E-state index contributed by atoms with van der Waals surface area (Å²) < 4.78 is 40.0. The fourth-order valence-corrected chi connectivity index (χ4v) is 3.49. The maximum atomic E-state index is 14.7. The van der Waals surface area contributed by atoms with Crippen molar-refractivity contribution in [3.63, 3.8) is 0 Å². The molecule has 1 atom stereocenters. The fraction of sp³-hybridized carbons (Fsp3) is 0.458. The topological polar surface area (TPSA) is 80.8 Å². The molecule has 2 amide bonds. The first-order chi connectivity index (χ1) is 15.5. The average molecular weight is 462 g/mol. The lowest BCUT2D eigenvalue weighted by atomic mass is 9.87. The molecule has 9 heteroatoms. The summed E-state index contributed by atoms with van der Waals surface area (Å²) in [6.07, 6.45) is -0.284. The molecule has 1 saturated heterocycles. The molecule has 3 rings (SSSR count). The maximum absolute atomic E-state index is 14.7. The molecule has 33 heavy (non-hydrogen) atoms. The van der Waals surface area contributed by atoms with Crippen LogP contribution in [0, 0.1) is 0 Å². The Morgan fingerprint density at radius 2 is 1.94 bits per heavy atom. The second kappa shape index (κ2) is 10.1. The highest BCUT2D eigenvalue weighted by Gasteiger charge is 2.46. The van der Waals surface area contributed by atoms with Crippen molar-refractivity contribution in [2.24, 2.45) is 0 Å². The minimum atomic E-state index is -2.99. The lowest BCUT2D eigenvalue weighted by molar-refractivity contribution is -0.0771. The second-order valence-corrected chi connectivity index (χ2v) is 8.99. The van der Waals surface area contributed by atoms with Crippen LogP contribution in [0.3, 0.4) is 0 Å². The second-order valence-electron chi connectivity index (χ2n) is 8.99. The van der Waals surface area contributed by atoms with E-state index in [1.165, 1.54) is 23.2 Å². The molecule has 178 valence electrons. The highest BCUT2D eigenvalue weighted by molar-refractivity contribution is 5.68. The summed E-state index contributed by atoms with van der Waals surface area (Å²) in [6, 6.07) is 12.3. The van der Waals surface area contributed by atoms with Crippen molar-refractivity contribution in [3.05, 3.63) is 65.5 Å². The van der Waals surface area contributed by atoms with Gasteiger partial charge < -0.3 is 19.7 Å². The van der Waals surface area contributed by atoms with E-state index in [2.05, 4.69) is 10.3 Å². The number of carbonyl (C=O) groups is 2. The summed E-state index contributed by atoms with van der Waals surface area (Å²) in [6.45, 7) is 5.09. The van der Waals surface area contributed by atoms with E-state index < -0.39 is 36.0 Å². The van der Waals surface area contributed by atoms with Crippen molar-refractivity contribution in [2.75, 3.05) is 13.1 Å². The van der Waals surface area contributed by atoms with Crippen LogP contribution in [0.2, 0.25) is 0 Å². The van der Waals surface area contributed by atoms with Gasteiger partial charge in [0.25, 0.3) is 5.92 Å². The van der Waals surface area contributed by atoms with Gasteiger partial charge in [0.2, 0.25) is 0 Å². The smallest absolute Gasteiger partial charge is 0.410 e. The van der Waals surface area contributed by atoms with E-state index in [1.807, 2.05) is 30.3 Å². The zero-order chi connectivity index (χ0) is 24.1. The van der Waals surface area contributed by atoms with E-state index in [0.717, 1.165) is 5.56 Å². The minimum Gasteiger partial charge on any atom is -0.445 e. The van der Waals surface area contributed by atoms with Gasteiger partial charge in [-0.15, -0.1) is 0 Å². The molecule has 7 nitrogen and oxygen atoms in total. The summed E-state index contributed by atoms with van der Waals surface area (Å²) >= 11 is 0. The molecular formula is C24H29F2N3O4.